The van der Waals surface area contributed by atoms with Crippen molar-refractivity contribution in [3.05, 3.63) is 29.8 Å². The molecule has 1 heterocycles. The Bertz CT molecular complexity index is 584. The number of nitrogens with one attached hydrogen (secondary N) is 2. The molecule has 22 heavy (non-hydrogen) atoms. The smallest absolute Gasteiger partial charge is 0.221 e. The Kier molecular flexibility index (Phi) is 5.97. The van der Waals surface area contributed by atoms with E-state index >= 15 is 0 Å². The minimum atomic E-state index is -0.0778. The molecule has 0 bridgehead atoms. The Labute approximate surface area is 134 Å². The molecule has 1 aliphatic heterocycles. The lowest BCUT2D eigenvalue weighted by Gasteiger charge is -2.16. The maximum absolute atomic E-state index is 11.0. The number of carbonyl (C=O) groups excluding carboxylic acids is 1. The van der Waals surface area contributed by atoms with E-state index in [2.05, 4.69) is 20.8 Å². The lowest BCUT2D eigenvalue weighted by atomic mass is 10.1. The highest BCUT2D eigenvalue weighted by Crippen LogP contribution is 2.16. The van der Waals surface area contributed by atoms with Gasteiger partial charge in [0.25, 0.3) is 0 Å². The van der Waals surface area contributed by atoms with Gasteiger partial charge in [-0.25, -0.2) is 0 Å². The zero-order valence-electron chi connectivity index (χ0n) is 12.9. The number of anilines is 1. The highest BCUT2D eigenvalue weighted by molar-refractivity contribution is 8.14. The monoisotopic (exact) mass is 320 g/mol. The van der Waals surface area contributed by atoms with Crippen molar-refractivity contribution >= 4 is 34.2 Å². The van der Waals surface area contributed by atoms with Gasteiger partial charge in [-0.3, -0.25) is 15.2 Å². The maximum Gasteiger partial charge on any atom is 0.221 e. The van der Waals surface area contributed by atoms with Crippen LogP contribution in [0.2, 0.25) is 0 Å². The number of hydrogen-bond acceptors (Lipinski definition) is 5. The Balaban J connectivity index is 2.00. The van der Waals surface area contributed by atoms with Crippen molar-refractivity contribution in [3.8, 4) is 0 Å². The Hall–Kier alpha value is -1.86. The van der Waals surface area contributed by atoms with Gasteiger partial charge in [0.15, 0.2) is 5.17 Å². The Morgan fingerprint density at radius 2 is 2.23 bits per heavy atom. The number of hydrazone groups is 1. The highest BCUT2D eigenvalue weighted by Gasteiger charge is 2.14. The Morgan fingerprint density at radius 3 is 2.77 bits per heavy atom. The molecule has 1 aliphatic rings. The van der Waals surface area contributed by atoms with Gasteiger partial charge in [0.05, 0.1) is 18.4 Å². The number of methoxy groups -OCH3 is 1. The second-order valence-electron chi connectivity index (χ2n) is 4.96. The van der Waals surface area contributed by atoms with Gasteiger partial charge in [-0.05, 0) is 24.6 Å². The summed E-state index contributed by atoms with van der Waals surface area (Å²) in [6, 6.07) is 7.74. The Morgan fingerprint density at radius 1 is 1.50 bits per heavy atom. The normalized spacial score (nSPS) is 17.6. The van der Waals surface area contributed by atoms with Crippen molar-refractivity contribution in [1.29, 1.82) is 0 Å². The van der Waals surface area contributed by atoms with E-state index in [0.717, 1.165) is 27.9 Å². The van der Waals surface area contributed by atoms with E-state index in [1.165, 1.54) is 6.92 Å². The van der Waals surface area contributed by atoms with Crippen LogP contribution in [0.1, 0.15) is 19.4 Å². The number of ether oxygens (including phenoxy) is 1. The third-order valence-electron chi connectivity index (χ3n) is 2.92. The molecule has 0 saturated heterocycles. The van der Waals surface area contributed by atoms with Crippen LogP contribution < -0.4 is 10.7 Å². The topological polar surface area (TPSA) is 75.1 Å². The molecule has 0 aliphatic carbocycles. The predicted octanol–water partition coefficient (Wildman–Crippen LogP) is 2.08. The van der Waals surface area contributed by atoms with Gasteiger partial charge >= 0.3 is 0 Å². The summed E-state index contributed by atoms with van der Waals surface area (Å²) < 4.78 is 5.06. The number of amidine groups is 1. The summed E-state index contributed by atoms with van der Waals surface area (Å²) in [5.41, 5.74) is 5.74. The van der Waals surface area contributed by atoms with E-state index in [1.807, 2.05) is 31.2 Å². The molecular weight excluding hydrogens is 300 g/mol. The lowest BCUT2D eigenvalue weighted by Crippen LogP contribution is -2.27. The van der Waals surface area contributed by atoms with E-state index in [9.17, 15) is 4.79 Å². The molecule has 0 aromatic heterocycles. The van der Waals surface area contributed by atoms with Crippen LogP contribution in [0.3, 0.4) is 0 Å². The van der Waals surface area contributed by atoms with Gasteiger partial charge in [-0.1, -0.05) is 23.9 Å². The third kappa shape index (κ3) is 4.85. The number of hydrogen-bond donors (Lipinski definition) is 2. The number of amides is 1. The summed E-state index contributed by atoms with van der Waals surface area (Å²) >= 11 is 1.62. The first kappa shape index (κ1) is 16.5. The number of rotatable bonds is 5. The molecule has 0 unspecified atom stereocenters. The lowest BCUT2D eigenvalue weighted by molar-refractivity contribution is -0.114. The molecule has 7 heteroatoms. The van der Waals surface area contributed by atoms with Crippen molar-refractivity contribution in [2.24, 2.45) is 10.1 Å². The highest BCUT2D eigenvalue weighted by atomic mass is 32.2. The number of benzene rings is 1. The van der Waals surface area contributed by atoms with Gasteiger partial charge in [0.1, 0.15) is 0 Å². The fourth-order valence-electron chi connectivity index (χ4n) is 1.96. The molecule has 0 spiro atoms. The summed E-state index contributed by atoms with van der Waals surface area (Å²) in [6.07, 6.45) is 0. The number of aliphatic imine (C=N–C) groups is 1. The molecule has 118 valence electrons. The average molecular weight is 320 g/mol. The first-order chi connectivity index (χ1) is 10.6. The van der Waals surface area contributed by atoms with Crippen molar-refractivity contribution < 1.29 is 9.53 Å². The van der Waals surface area contributed by atoms with Gasteiger partial charge in [-0.2, -0.15) is 5.10 Å². The van der Waals surface area contributed by atoms with Gasteiger partial charge in [0.2, 0.25) is 5.91 Å². The fourth-order valence-corrected chi connectivity index (χ4v) is 2.83. The van der Waals surface area contributed by atoms with E-state index in [4.69, 9.17) is 4.74 Å². The number of thioether (sulfide) groups is 1. The van der Waals surface area contributed by atoms with E-state index < -0.39 is 0 Å². The van der Waals surface area contributed by atoms with Gasteiger partial charge in [0, 0.05) is 25.5 Å². The summed E-state index contributed by atoms with van der Waals surface area (Å²) in [5, 5.41) is 7.93. The molecule has 2 rings (SSSR count). The van der Waals surface area contributed by atoms with Crippen molar-refractivity contribution in [3.63, 3.8) is 0 Å². The molecule has 1 atom stereocenters. The van der Waals surface area contributed by atoms with Crippen LogP contribution in [0.25, 0.3) is 0 Å². The molecule has 1 aromatic carbocycles. The minimum Gasteiger partial charge on any atom is -0.382 e. The fraction of sp³-hybridized carbons (Fsp3) is 0.400. The SMILES string of the molecule is COC[C@H](C)N=C1NN=C(c2ccc(NC(C)=O)cc2)CS1. The van der Waals surface area contributed by atoms with Crippen molar-refractivity contribution in [2.45, 2.75) is 19.9 Å². The summed E-state index contributed by atoms with van der Waals surface area (Å²) in [5.74, 6) is 0.677. The first-order valence-corrected chi connectivity index (χ1v) is 7.97. The predicted molar refractivity (Wildman–Crippen MR) is 91.6 cm³/mol. The second kappa shape index (κ2) is 7.95. The average Bonchev–Trinajstić information content (AvgIpc) is 2.48. The van der Waals surface area contributed by atoms with Crippen LogP contribution in [-0.4, -0.2) is 42.3 Å². The molecule has 0 radical (unpaired) electrons. The largest absolute Gasteiger partial charge is 0.382 e. The van der Waals surface area contributed by atoms with Crippen LogP contribution in [-0.2, 0) is 9.53 Å². The minimum absolute atomic E-state index is 0.0778. The summed E-state index contributed by atoms with van der Waals surface area (Å²) in [7, 11) is 1.67. The number of nitrogens with zero attached hydrogens (tertiary/aromatic N) is 2. The maximum atomic E-state index is 11.0. The van der Waals surface area contributed by atoms with Crippen LogP contribution in [0.4, 0.5) is 5.69 Å². The third-order valence-corrected chi connectivity index (χ3v) is 3.80. The van der Waals surface area contributed by atoms with Crippen molar-refractivity contribution in [2.75, 3.05) is 24.8 Å². The van der Waals surface area contributed by atoms with Gasteiger partial charge < -0.3 is 10.1 Å². The van der Waals surface area contributed by atoms with Crippen LogP contribution >= 0.6 is 11.8 Å². The van der Waals surface area contributed by atoms with E-state index in [-0.39, 0.29) is 11.9 Å². The summed E-state index contributed by atoms with van der Waals surface area (Å²) in [4.78, 5) is 15.5. The molecule has 0 fully saturated rings. The second-order valence-corrected chi connectivity index (χ2v) is 5.92. The zero-order chi connectivity index (χ0) is 15.9. The van der Waals surface area contributed by atoms with E-state index in [0.29, 0.717) is 6.61 Å². The molecule has 6 nitrogen and oxygen atoms in total. The molecule has 2 N–H and O–H groups in total. The first-order valence-electron chi connectivity index (χ1n) is 6.98. The van der Waals surface area contributed by atoms with Gasteiger partial charge in [-0.15, -0.1) is 0 Å². The van der Waals surface area contributed by atoms with Crippen LogP contribution in [0.15, 0.2) is 34.4 Å². The quantitative estimate of drug-likeness (QED) is 0.871. The van der Waals surface area contributed by atoms with Crippen LogP contribution in [0, 0.1) is 0 Å². The summed E-state index contributed by atoms with van der Waals surface area (Å²) in [6.45, 7) is 4.08. The van der Waals surface area contributed by atoms with Crippen LogP contribution in [0.5, 0.6) is 0 Å². The van der Waals surface area contributed by atoms with Crippen molar-refractivity contribution in [1.82, 2.24) is 5.43 Å². The van der Waals surface area contributed by atoms with E-state index in [1.54, 1.807) is 18.9 Å². The molecular formula is C15H20N4O2S. The molecule has 0 saturated carbocycles. The molecule has 1 amide bonds. The standard InChI is InChI=1S/C15H20N4O2S/c1-10(8-21-3)16-15-19-18-14(9-22-15)12-4-6-13(7-5-12)17-11(2)20/h4-7,10H,8-9H2,1-3H3,(H,16,19)(H,17,20)/t10-/m0/s1. The molecule has 1 aromatic rings. The zero-order valence-corrected chi connectivity index (χ0v) is 13.7. The number of carbonyl (C=O) groups is 1.